The summed E-state index contributed by atoms with van der Waals surface area (Å²) in [5.74, 6) is -0.757. The Morgan fingerprint density at radius 3 is 2.62 bits per heavy atom. The van der Waals surface area contributed by atoms with Crippen LogP contribution in [-0.4, -0.2) is 50.6 Å². The van der Waals surface area contributed by atoms with E-state index in [1.165, 1.54) is 24.1 Å². The van der Waals surface area contributed by atoms with E-state index in [-0.39, 0.29) is 24.4 Å². The van der Waals surface area contributed by atoms with Gasteiger partial charge in [-0.1, -0.05) is 18.2 Å². The molecule has 8 heteroatoms. The van der Waals surface area contributed by atoms with Gasteiger partial charge in [0.15, 0.2) is 0 Å². The number of carbonyl (C=O) groups is 2. The lowest BCUT2D eigenvalue weighted by molar-refractivity contribution is -0.138. The summed E-state index contributed by atoms with van der Waals surface area (Å²) >= 11 is 0. The molecule has 1 aromatic carbocycles. The molecule has 0 aliphatic rings. The molecule has 0 fully saturated rings. The topological polar surface area (TPSA) is 58.6 Å². The van der Waals surface area contributed by atoms with E-state index in [1.54, 1.807) is 7.11 Å². The van der Waals surface area contributed by atoms with Gasteiger partial charge in [-0.15, -0.1) is 0 Å². The minimum Gasteiger partial charge on any atom is -0.385 e. The summed E-state index contributed by atoms with van der Waals surface area (Å²) < 4.78 is 42.8. The van der Waals surface area contributed by atoms with Crippen molar-refractivity contribution in [1.82, 2.24) is 10.2 Å². The van der Waals surface area contributed by atoms with Crippen LogP contribution in [0.3, 0.4) is 0 Å². The molecule has 0 saturated carbocycles. The van der Waals surface area contributed by atoms with Gasteiger partial charge in [-0.25, -0.2) is 0 Å². The normalized spacial score (nSPS) is 11.2. The Morgan fingerprint density at radius 2 is 2.00 bits per heavy atom. The van der Waals surface area contributed by atoms with Gasteiger partial charge in [0.2, 0.25) is 11.8 Å². The average molecular weight is 346 g/mol. The van der Waals surface area contributed by atoms with Crippen molar-refractivity contribution in [1.29, 1.82) is 0 Å². The maximum absolute atomic E-state index is 12.7. The monoisotopic (exact) mass is 346 g/mol. The zero-order valence-corrected chi connectivity index (χ0v) is 13.7. The fraction of sp³-hybridized carbons (Fsp3) is 0.500. The number of ether oxygens (including phenoxy) is 1. The van der Waals surface area contributed by atoms with Gasteiger partial charge in [0, 0.05) is 27.3 Å². The van der Waals surface area contributed by atoms with Crippen LogP contribution in [-0.2, 0) is 26.9 Å². The Morgan fingerprint density at radius 1 is 1.29 bits per heavy atom. The summed E-state index contributed by atoms with van der Waals surface area (Å²) in [5, 5.41) is 2.63. The molecule has 0 atom stereocenters. The van der Waals surface area contributed by atoms with Gasteiger partial charge in [0.25, 0.3) is 0 Å². The van der Waals surface area contributed by atoms with Crippen LogP contribution >= 0.6 is 0 Å². The third-order valence-corrected chi connectivity index (χ3v) is 3.26. The summed E-state index contributed by atoms with van der Waals surface area (Å²) in [6.45, 7) is 0.803. The quantitative estimate of drug-likeness (QED) is 0.731. The minimum absolute atomic E-state index is 0.148. The van der Waals surface area contributed by atoms with E-state index in [1.807, 2.05) is 0 Å². The van der Waals surface area contributed by atoms with Crippen LogP contribution < -0.4 is 5.32 Å². The standard InChI is InChI=1S/C16H21F3N2O3/c1-21(11-14(22)20-7-4-8-24-2)15(23)10-12-5-3-6-13(9-12)16(17,18)19/h3,5-6,9H,4,7-8,10-11H2,1-2H3,(H,20,22). The molecule has 134 valence electrons. The van der Waals surface area contributed by atoms with Crippen LogP contribution in [0.15, 0.2) is 24.3 Å². The molecule has 0 aliphatic carbocycles. The molecule has 5 nitrogen and oxygen atoms in total. The smallest absolute Gasteiger partial charge is 0.385 e. The number of methoxy groups -OCH3 is 1. The Bertz CT molecular complexity index is 562. The summed E-state index contributed by atoms with van der Waals surface area (Å²) in [7, 11) is 2.99. The molecule has 0 saturated heterocycles. The average Bonchev–Trinajstić information content (AvgIpc) is 2.51. The molecule has 1 aromatic rings. The maximum atomic E-state index is 12.7. The van der Waals surface area contributed by atoms with Crippen LogP contribution in [0.4, 0.5) is 13.2 Å². The number of nitrogens with one attached hydrogen (secondary N) is 1. The number of hydrogen-bond acceptors (Lipinski definition) is 3. The third-order valence-electron chi connectivity index (χ3n) is 3.26. The Hall–Kier alpha value is -2.09. The highest BCUT2D eigenvalue weighted by molar-refractivity contribution is 5.85. The first-order valence-corrected chi connectivity index (χ1v) is 7.39. The van der Waals surface area contributed by atoms with Crippen molar-refractivity contribution >= 4 is 11.8 Å². The van der Waals surface area contributed by atoms with E-state index in [0.717, 1.165) is 12.1 Å². The number of likely N-dealkylation sites (N-methyl/N-ethyl adjacent to an activating group) is 1. The second-order valence-corrected chi connectivity index (χ2v) is 5.32. The maximum Gasteiger partial charge on any atom is 0.416 e. The fourth-order valence-corrected chi connectivity index (χ4v) is 1.97. The molecular formula is C16H21F3N2O3. The molecule has 0 aromatic heterocycles. The number of alkyl halides is 3. The molecule has 1 rings (SSSR count). The summed E-state index contributed by atoms with van der Waals surface area (Å²) in [6.07, 6.45) is -3.99. The number of halogens is 3. The van der Waals surface area contributed by atoms with Gasteiger partial charge in [-0.3, -0.25) is 9.59 Å². The molecule has 0 bridgehead atoms. The number of nitrogens with zero attached hydrogens (tertiary/aromatic N) is 1. The van der Waals surface area contributed by atoms with Crippen molar-refractivity contribution in [3.05, 3.63) is 35.4 Å². The van der Waals surface area contributed by atoms with Crippen molar-refractivity contribution in [3.8, 4) is 0 Å². The summed E-state index contributed by atoms with van der Waals surface area (Å²) in [5.41, 5.74) is -0.548. The highest BCUT2D eigenvalue weighted by atomic mass is 19.4. The van der Waals surface area contributed by atoms with Crippen LogP contribution in [0.2, 0.25) is 0 Å². The van der Waals surface area contributed by atoms with Crippen molar-refractivity contribution in [2.45, 2.75) is 19.0 Å². The predicted octanol–water partition coefficient (Wildman–Crippen LogP) is 1.86. The van der Waals surface area contributed by atoms with Crippen molar-refractivity contribution in [3.63, 3.8) is 0 Å². The number of amides is 2. The van der Waals surface area contributed by atoms with E-state index in [2.05, 4.69) is 5.32 Å². The first kappa shape index (κ1) is 20.0. The van der Waals surface area contributed by atoms with E-state index < -0.39 is 17.6 Å². The zero-order valence-electron chi connectivity index (χ0n) is 13.7. The molecule has 0 radical (unpaired) electrons. The fourth-order valence-electron chi connectivity index (χ4n) is 1.97. The number of carbonyl (C=O) groups excluding carboxylic acids is 2. The van der Waals surface area contributed by atoms with E-state index in [0.29, 0.717) is 19.6 Å². The molecule has 24 heavy (non-hydrogen) atoms. The molecular weight excluding hydrogens is 325 g/mol. The molecule has 2 amide bonds. The van der Waals surface area contributed by atoms with Gasteiger partial charge in [-0.2, -0.15) is 13.2 Å². The first-order valence-electron chi connectivity index (χ1n) is 7.39. The van der Waals surface area contributed by atoms with Gasteiger partial charge in [-0.05, 0) is 18.1 Å². The van der Waals surface area contributed by atoms with E-state index in [4.69, 9.17) is 4.74 Å². The van der Waals surface area contributed by atoms with E-state index >= 15 is 0 Å². The Kier molecular flexibility index (Phi) is 7.70. The molecule has 0 aliphatic heterocycles. The number of hydrogen-bond donors (Lipinski definition) is 1. The van der Waals surface area contributed by atoms with Gasteiger partial charge >= 0.3 is 6.18 Å². The molecule has 0 unspecified atom stereocenters. The summed E-state index contributed by atoms with van der Waals surface area (Å²) in [6, 6.07) is 4.60. The number of rotatable bonds is 8. The predicted molar refractivity (Wildman–Crippen MR) is 82.3 cm³/mol. The minimum atomic E-state index is -4.45. The van der Waals surface area contributed by atoms with Gasteiger partial charge in [0.1, 0.15) is 0 Å². The van der Waals surface area contributed by atoms with Gasteiger partial charge < -0.3 is 15.0 Å². The largest absolute Gasteiger partial charge is 0.416 e. The van der Waals surface area contributed by atoms with Crippen LogP contribution in [0.1, 0.15) is 17.5 Å². The Balaban J connectivity index is 2.51. The van der Waals surface area contributed by atoms with Crippen molar-refractivity contribution in [2.75, 3.05) is 33.9 Å². The van der Waals surface area contributed by atoms with Crippen molar-refractivity contribution in [2.24, 2.45) is 0 Å². The lowest BCUT2D eigenvalue weighted by atomic mass is 10.1. The van der Waals surface area contributed by atoms with Crippen LogP contribution in [0.25, 0.3) is 0 Å². The lowest BCUT2D eigenvalue weighted by Crippen LogP contribution is -2.39. The summed E-state index contributed by atoms with van der Waals surface area (Å²) in [4.78, 5) is 24.9. The number of benzene rings is 1. The molecule has 0 spiro atoms. The highest BCUT2D eigenvalue weighted by Crippen LogP contribution is 2.29. The molecule has 1 N–H and O–H groups in total. The second-order valence-electron chi connectivity index (χ2n) is 5.32. The van der Waals surface area contributed by atoms with Crippen molar-refractivity contribution < 1.29 is 27.5 Å². The third kappa shape index (κ3) is 6.99. The van der Waals surface area contributed by atoms with Crippen LogP contribution in [0, 0.1) is 0 Å². The lowest BCUT2D eigenvalue weighted by Gasteiger charge is -2.17. The second kappa shape index (κ2) is 9.27. The van der Waals surface area contributed by atoms with E-state index in [9.17, 15) is 22.8 Å². The molecule has 0 heterocycles. The zero-order chi connectivity index (χ0) is 18.2. The highest BCUT2D eigenvalue weighted by Gasteiger charge is 2.30. The van der Waals surface area contributed by atoms with Gasteiger partial charge in [0.05, 0.1) is 18.5 Å². The van der Waals surface area contributed by atoms with Crippen LogP contribution in [0.5, 0.6) is 0 Å². The SMILES string of the molecule is COCCCNC(=O)CN(C)C(=O)Cc1cccc(C(F)(F)F)c1. The Labute approximate surface area is 138 Å². The first-order chi connectivity index (χ1) is 11.2.